The quantitative estimate of drug-likeness (QED) is 0.790. The van der Waals surface area contributed by atoms with Gasteiger partial charge in [0.1, 0.15) is 11.9 Å². The van der Waals surface area contributed by atoms with Gasteiger partial charge >= 0.3 is 0 Å². The molecule has 2 aliphatic rings. The van der Waals surface area contributed by atoms with Gasteiger partial charge in [0.05, 0.1) is 12.2 Å². The molecule has 0 spiro atoms. The van der Waals surface area contributed by atoms with Crippen LogP contribution in [0.15, 0.2) is 24.3 Å². The van der Waals surface area contributed by atoms with Gasteiger partial charge in [-0.25, -0.2) is 4.98 Å². The average Bonchev–Trinajstić information content (AvgIpc) is 3.31. The number of nitrogens with zero attached hydrogens (tertiary/aromatic N) is 4. The second-order valence-electron chi connectivity index (χ2n) is 8.01. The fourth-order valence-corrected chi connectivity index (χ4v) is 4.90. The molecular weight excluding hydrogens is 372 g/mol. The molecule has 7 heteroatoms. The largest absolute Gasteiger partial charge is 0.372 e. The summed E-state index contributed by atoms with van der Waals surface area (Å²) in [6, 6.07) is 8.35. The zero-order valence-electron chi connectivity index (χ0n) is 16.8. The Labute approximate surface area is 170 Å². The molecule has 1 amide bonds. The molecule has 3 unspecified atom stereocenters. The number of anilines is 1. The Hall–Kier alpha value is -1.99. The van der Waals surface area contributed by atoms with Crippen LogP contribution in [0.5, 0.6) is 0 Å². The van der Waals surface area contributed by atoms with Crippen molar-refractivity contribution in [2.45, 2.75) is 58.3 Å². The van der Waals surface area contributed by atoms with E-state index < -0.39 is 0 Å². The van der Waals surface area contributed by atoms with Crippen LogP contribution in [0.2, 0.25) is 0 Å². The van der Waals surface area contributed by atoms with Crippen LogP contribution < -0.4 is 4.90 Å². The predicted molar refractivity (Wildman–Crippen MR) is 111 cm³/mol. The van der Waals surface area contributed by atoms with Gasteiger partial charge in [0.2, 0.25) is 11.0 Å². The maximum Gasteiger partial charge on any atom is 0.245 e. The van der Waals surface area contributed by atoms with Crippen LogP contribution in [0.3, 0.4) is 0 Å². The Morgan fingerprint density at radius 2 is 1.93 bits per heavy atom. The SMILES string of the molecule is Cc1ccc(Cc2nsc(N3CCCC3C(=O)N3CC(C)OC(C)C3)n2)cc1. The van der Waals surface area contributed by atoms with Crippen molar-refractivity contribution in [2.24, 2.45) is 0 Å². The third kappa shape index (κ3) is 4.20. The first-order chi connectivity index (χ1) is 13.5. The van der Waals surface area contributed by atoms with E-state index in [0.717, 1.165) is 36.8 Å². The minimum atomic E-state index is -0.127. The van der Waals surface area contributed by atoms with Gasteiger partial charge in [0.25, 0.3) is 0 Å². The number of carbonyl (C=O) groups excluding carboxylic acids is 1. The van der Waals surface area contributed by atoms with Crippen LogP contribution in [0.1, 0.15) is 43.6 Å². The number of rotatable bonds is 4. The molecule has 0 N–H and O–H groups in total. The lowest BCUT2D eigenvalue weighted by atomic mass is 10.1. The number of hydrogen-bond donors (Lipinski definition) is 0. The summed E-state index contributed by atoms with van der Waals surface area (Å²) in [6.45, 7) is 8.36. The maximum absolute atomic E-state index is 13.2. The van der Waals surface area contributed by atoms with Gasteiger partial charge in [-0.05, 0) is 39.2 Å². The number of aromatic nitrogens is 2. The van der Waals surface area contributed by atoms with Crippen molar-refractivity contribution in [3.05, 3.63) is 41.2 Å². The first kappa shape index (κ1) is 19.3. The predicted octanol–water partition coefficient (Wildman–Crippen LogP) is 3.04. The van der Waals surface area contributed by atoms with E-state index in [0.29, 0.717) is 13.1 Å². The fourth-order valence-electron chi connectivity index (χ4n) is 4.14. The molecule has 0 saturated carbocycles. The third-order valence-electron chi connectivity index (χ3n) is 5.46. The zero-order valence-corrected chi connectivity index (χ0v) is 17.6. The van der Waals surface area contributed by atoms with Crippen molar-refractivity contribution in [1.82, 2.24) is 14.3 Å². The lowest BCUT2D eigenvalue weighted by Crippen LogP contribution is -2.53. The topological polar surface area (TPSA) is 58.6 Å². The van der Waals surface area contributed by atoms with Crippen molar-refractivity contribution in [1.29, 1.82) is 0 Å². The van der Waals surface area contributed by atoms with E-state index in [-0.39, 0.29) is 24.2 Å². The molecule has 2 fully saturated rings. The Bertz CT molecular complexity index is 812. The summed E-state index contributed by atoms with van der Waals surface area (Å²) in [5.74, 6) is 1.03. The van der Waals surface area contributed by atoms with Crippen LogP contribution in [-0.2, 0) is 16.0 Å². The molecule has 28 heavy (non-hydrogen) atoms. The van der Waals surface area contributed by atoms with E-state index in [1.54, 1.807) is 0 Å². The van der Waals surface area contributed by atoms with Gasteiger partial charge in [-0.2, -0.15) is 4.37 Å². The number of benzene rings is 1. The number of morpholine rings is 1. The summed E-state index contributed by atoms with van der Waals surface area (Å²) in [6.07, 6.45) is 2.79. The maximum atomic E-state index is 13.2. The Morgan fingerprint density at radius 1 is 1.21 bits per heavy atom. The minimum Gasteiger partial charge on any atom is -0.372 e. The summed E-state index contributed by atoms with van der Waals surface area (Å²) in [4.78, 5) is 22.1. The molecule has 2 aliphatic heterocycles. The molecule has 2 aromatic rings. The lowest BCUT2D eigenvalue weighted by molar-refractivity contribution is -0.144. The summed E-state index contributed by atoms with van der Waals surface area (Å²) in [5, 5.41) is 0.868. The molecule has 0 radical (unpaired) electrons. The number of hydrogen-bond acceptors (Lipinski definition) is 6. The molecule has 1 aromatic heterocycles. The van der Waals surface area contributed by atoms with Crippen molar-refractivity contribution in [3.8, 4) is 0 Å². The molecule has 0 aliphatic carbocycles. The highest BCUT2D eigenvalue weighted by molar-refractivity contribution is 7.09. The van der Waals surface area contributed by atoms with Crippen LogP contribution in [0.4, 0.5) is 5.13 Å². The summed E-state index contributed by atoms with van der Waals surface area (Å²) >= 11 is 1.41. The fraction of sp³-hybridized carbons (Fsp3) is 0.571. The van der Waals surface area contributed by atoms with E-state index in [9.17, 15) is 4.79 Å². The second-order valence-corrected chi connectivity index (χ2v) is 8.74. The Morgan fingerprint density at radius 3 is 2.64 bits per heavy atom. The van der Waals surface area contributed by atoms with E-state index >= 15 is 0 Å². The van der Waals surface area contributed by atoms with Crippen molar-refractivity contribution < 1.29 is 9.53 Å². The molecule has 6 nitrogen and oxygen atoms in total. The van der Waals surface area contributed by atoms with Crippen molar-refractivity contribution in [2.75, 3.05) is 24.5 Å². The monoisotopic (exact) mass is 400 g/mol. The zero-order chi connectivity index (χ0) is 19.7. The first-order valence-corrected chi connectivity index (χ1v) is 10.9. The van der Waals surface area contributed by atoms with Gasteiger partial charge in [0, 0.05) is 37.6 Å². The van der Waals surface area contributed by atoms with E-state index in [4.69, 9.17) is 9.72 Å². The molecule has 3 atom stereocenters. The summed E-state index contributed by atoms with van der Waals surface area (Å²) in [7, 11) is 0. The summed E-state index contributed by atoms with van der Waals surface area (Å²) < 4.78 is 10.3. The van der Waals surface area contributed by atoms with Crippen molar-refractivity contribution in [3.63, 3.8) is 0 Å². The van der Waals surface area contributed by atoms with Gasteiger partial charge in [-0.1, -0.05) is 29.8 Å². The molecule has 1 aromatic carbocycles. The minimum absolute atomic E-state index is 0.0881. The van der Waals surface area contributed by atoms with Gasteiger partial charge in [-0.15, -0.1) is 0 Å². The highest BCUT2D eigenvalue weighted by Crippen LogP contribution is 2.29. The first-order valence-electron chi connectivity index (χ1n) is 10.1. The van der Waals surface area contributed by atoms with E-state index in [1.807, 2.05) is 18.7 Å². The smallest absolute Gasteiger partial charge is 0.245 e. The van der Waals surface area contributed by atoms with E-state index in [1.165, 1.54) is 22.7 Å². The standard InChI is InChI=1S/C21H28N4O2S/c1-14-6-8-17(9-7-14)11-19-22-21(28-23-19)25-10-4-5-18(25)20(26)24-12-15(2)27-16(3)13-24/h6-9,15-16,18H,4-5,10-13H2,1-3H3. The third-order valence-corrected chi connectivity index (χ3v) is 6.25. The molecule has 150 valence electrons. The molecule has 0 bridgehead atoms. The van der Waals surface area contributed by atoms with Crippen molar-refractivity contribution >= 4 is 22.6 Å². The highest BCUT2D eigenvalue weighted by Gasteiger charge is 2.37. The average molecular weight is 401 g/mol. The van der Waals surface area contributed by atoms with Crippen LogP contribution in [0, 0.1) is 6.92 Å². The van der Waals surface area contributed by atoms with Gasteiger partial charge in [-0.3, -0.25) is 4.79 Å². The molecule has 4 rings (SSSR count). The van der Waals surface area contributed by atoms with Crippen LogP contribution in [-0.4, -0.2) is 58.0 Å². The molecule has 3 heterocycles. The normalized spacial score (nSPS) is 25.3. The van der Waals surface area contributed by atoms with Gasteiger partial charge in [0.15, 0.2) is 0 Å². The highest BCUT2D eigenvalue weighted by atomic mass is 32.1. The number of amides is 1. The molecule has 2 saturated heterocycles. The number of ether oxygens (including phenoxy) is 1. The Kier molecular flexibility index (Phi) is 5.64. The lowest BCUT2D eigenvalue weighted by Gasteiger charge is -2.38. The molecular formula is C21H28N4O2S. The summed E-state index contributed by atoms with van der Waals surface area (Å²) in [5.41, 5.74) is 2.46. The van der Waals surface area contributed by atoms with E-state index in [2.05, 4.69) is 40.5 Å². The van der Waals surface area contributed by atoms with Crippen LogP contribution >= 0.6 is 11.5 Å². The number of carbonyl (C=O) groups is 1. The second kappa shape index (κ2) is 8.17. The van der Waals surface area contributed by atoms with Crippen LogP contribution in [0.25, 0.3) is 0 Å². The Balaban J connectivity index is 1.45. The van der Waals surface area contributed by atoms with Gasteiger partial charge < -0.3 is 14.5 Å². The number of aryl methyl sites for hydroxylation is 1.